The maximum Gasteiger partial charge on any atom is 0.227 e. The number of likely N-dealkylation sites (N-methyl/N-ethyl adjacent to an activating group) is 1. The average molecular weight is 347 g/mol. The largest absolute Gasteiger partial charge is 0.490 e. The third-order valence-corrected chi connectivity index (χ3v) is 5.36. The highest BCUT2D eigenvalue weighted by molar-refractivity contribution is 5.79. The molecule has 1 atom stereocenters. The zero-order chi connectivity index (χ0) is 18.2. The van der Waals surface area contributed by atoms with Crippen LogP contribution in [0.1, 0.15) is 64.4 Å². The molecule has 1 saturated carbocycles. The second kappa shape index (κ2) is 9.81. The molecule has 0 spiro atoms. The van der Waals surface area contributed by atoms with Crippen LogP contribution in [0.5, 0.6) is 5.75 Å². The minimum atomic E-state index is 0.167. The number of nitrogens with two attached hydrogens (primary N) is 1. The Bertz CT molecular complexity index is 538. The van der Waals surface area contributed by atoms with Crippen LogP contribution < -0.4 is 10.5 Å². The van der Waals surface area contributed by atoms with Crippen molar-refractivity contribution in [1.29, 1.82) is 0 Å². The van der Waals surface area contributed by atoms with Crippen molar-refractivity contribution >= 4 is 5.91 Å². The van der Waals surface area contributed by atoms with Crippen molar-refractivity contribution in [2.75, 3.05) is 7.05 Å². The number of carbonyl (C=O) groups is 1. The van der Waals surface area contributed by atoms with Gasteiger partial charge in [-0.3, -0.25) is 4.79 Å². The van der Waals surface area contributed by atoms with Crippen LogP contribution in [-0.4, -0.2) is 36.0 Å². The van der Waals surface area contributed by atoms with Crippen molar-refractivity contribution in [3.8, 4) is 5.75 Å². The molecule has 0 aliphatic heterocycles. The number of hydrogen-bond acceptors (Lipinski definition) is 3. The highest BCUT2D eigenvalue weighted by atomic mass is 16.5. The fourth-order valence-corrected chi connectivity index (χ4v) is 3.59. The first-order chi connectivity index (χ1) is 12.0. The van der Waals surface area contributed by atoms with E-state index in [4.69, 9.17) is 10.5 Å². The van der Waals surface area contributed by atoms with Crippen molar-refractivity contribution in [2.45, 2.75) is 83.4 Å². The van der Waals surface area contributed by atoms with Crippen LogP contribution >= 0.6 is 0 Å². The molecular formula is C21H34N2O2. The highest BCUT2D eigenvalue weighted by Gasteiger charge is 2.25. The topological polar surface area (TPSA) is 55.6 Å². The van der Waals surface area contributed by atoms with E-state index in [2.05, 4.69) is 13.8 Å². The highest BCUT2D eigenvalue weighted by Crippen LogP contribution is 2.25. The van der Waals surface area contributed by atoms with E-state index in [1.807, 2.05) is 36.2 Å². The van der Waals surface area contributed by atoms with Gasteiger partial charge in [-0.05, 0) is 44.6 Å². The normalized spacial score (nSPS) is 21.6. The van der Waals surface area contributed by atoms with Gasteiger partial charge >= 0.3 is 0 Å². The molecule has 4 nitrogen and oxygen atoms in total. The van der Waals surface area contributed by atoms with Crippen LogP contribution in [0.25, 0.3) is 0 Å². The van der Waals surface area contributed by atoms with Crippen LogP contribution in [0.15, 0.2) is 24.3 Å². The molecule has 1 fully saturated rings. The molecule has 1 aliphatic rings. The Morgan fingerprint density at radius 3 is 2.56 bits per heavy atom. The number of ether oxygens (including phenoxy) is 1. The van der Waals surface area contributed by atoms with E-state index < -0.39 is 0 Å². The van der Waals surface area contributed by atoms with Gasteiger partial charge in [-0.2, -0.15) is 0 Å². The monoisotopic (exact) mass is 346 g/mol. The standard InChI is InChI=1S/C21H34N2O2/c1-4-8-19(5-2)25-20-10-7-6-9-16(20)15-21(24)23(3)18-13-11-17(22)12-14-18/h6-7,9-10,17-19H,4-5,8,11-15,22H2,1-3H3/t17-,18+,19?. The number of nitrogens with zero attached hydrogens (tertiary/aromatic N) is 1. The van der Waals surface area contributed by atoms with E-state index in [1.54, 1.807) is 0 Å². The first-order valence-corrected chi connectivity index (χ1v) is 9.80. The second-order valence-corrected chi connectivity index (χ2v) is 7.29. The summed E-state index contributed by atoms with van der Waals surface area (Å²) in [5.74, 6) is 1.02. The minimum Gasteiger partial charge on any atom is -0.490 e. The Hall–Kier alpha value is -1.55. The SMILES string of the molecule is CCCC(CC)Oc1ccccc1CC(=O)N(C)[C@H]1CC[C@@H](N)CC1. The summed E-state index contributed by atoms with van der Waals surface area (Å²) in [4.78, 5) is 14.7. The van der Waals surface area contributed by atoms with Gasteiger partial charge in [0.15, 0.2) is 0 Å². The second-order valence-electron chi connectivity index (χ2n) is 7.29. The zero-order valence-corrected chi connectivity index (χ0v) is 16.0. The first-order valence-electron chi connectivity index (χ1n) is 9.80. The fraction of sp³-hybridized carbons (Fsp3) is 0.667. The lowest BCUT2D eigenvalue weighted by molar-refractivity contribution is -0.131. The van der Waals surface area contributed by atoms with Crippen LogP contribution in [0.3, 0.4) is 0 Å². The molecule has 0 saturated heterocycles. The molecule has 25 heavy (non-hydrogen) atoms. The van der Waals surface area contributed by atoms with Gasteiger partial charge in [0.25, 0.3) is 0 Å². The molecule has 0 radical (unpaired) electrons. The van der Waals surface area contributed by atoms with Crippen LogP contribution in [0.2, 0.25) is 0 Å². The molecule has 1 amide bonds. The smallest absolute Gasteiger partial charge is 0.227 e. The Labute approximate surface area is 152 Å². The molecule has 1 aromatic rings. The molecule has 4 heteroatoms. The molecule has 1 aromatic carbocycles. The molecule has 1 aliphatic carbocycles. The van der Waals surface area contributed by atoms with E-state index in [1.165, 1.54) is 0 Å². The molecule has 140 valence electrons. The summed E-state index contributed by atoms with van der Waals surface area (Å²) in [7, 11) is 1.93. The minimum absolute atomic E-state index is 0.167. The van der Waals surface area contributed by atoms with E-state index in [-0.39, 0.29) is 12.0 Å². The lowest BCUT2D eigenvalue weighted by Crippen LogP contribution is -2.42. The fourth-order valence-electron chi connectivity index (χ4n) is 3.59. The quantitative estimate of drug-likeness (QED) is 0.776. The van der Waals surface area contributed by atoms with Gasteiger partial charge in [0, 0.05) is 24.7 Å². The van der Waals surface area contributed by atoms with Gasteiger partial charge in [-0.15, -0.1) is 0 Å². The molecule has 2 N–H and O–H groups in total. The molecule has 1 unspecified atom stereocenters. The Balaban J connectivity index is 2.00. The lowest BCUT2D eigenvalue weighted by atomic mass is 9.90. The van der Waals surface area contributed by atoms with E-state index in [9.17, 15) is 4.79 Å². The number of rotatable bonds is 8. The zero-order valence-electron chi connectivity index (χ0n) is 16.0. The summed E-state index contributed by atoms with van der Waals surface area (Å²) in [6, 6.07) is 8.59. The molecule has 2 rings (SSSR count). The van der Waals surface area contributed by atoms with E-state index in [0.29, 0.717) is 18.5 Å². The average Bonchev–Trinajstić information content (AvgIpc) is 2.62. The van der Waals surface area contributed by atoms with Crippen molar-refractivity contribution < 1.29 is 9.53 Å². The van der Waals surface area contributed by atoms with Gasteiger partial charge in [0.2, 0.25) is 5.91 Å². The first kappa shape index (κ1) is 19.8. The summed E-state index contributed by atoms with van der Waals surface area (Å²) in [5.41, 5.74) is 6.97. The molecule has 0 bridgehead atoms. The summed E-state index contributed by atoms with van der Waals surface area (Å²) < 4.78 is 6.19. The molecular weight excluding hydrogens is 312 g/mol. The molecule has 0 aromatic heterocycles. The number of para-hydroxylation sites is 1. The molecule has 0 heterocycles. The van der Waals surface area contributed by atoms with Gasteiger partial charge < -0.3 is 15.4 Å². The summed E-state index contributed by atoms with van der Waals surface area (Å²) in [5, 5.41) is 0. The van der Waals surface area contributed by atoms with Crippen molar-refractivity contribution in [2.24, 2.45) is 5.73 Å². The van der Waals surface area contributed by atoms with Crippen LogP contribution in [0, 0.1) is 0 Å². The van der Waals surface area contributed by atoms with Crippen molar-refractivity contribution in [3.05, 3.63) is 29.8 Å². The maximum atomic E-state index is 12.8. The van der Waals surface area contributed by atoms with Crippen LogP contribution in [0.4, 0.5) is 0 Å². The summed E-state index contributed by atoms with van der Waals surface area (Å²) in [6.07, 6.45) is 7.79. The van der Waals surface area contributed by atoms with E-state index in [0.717, 1.165) is 56.3 Å². The number of benzene rings is 1. The van der Waals surface area contributed by atoms with Gasteiger partial charge in [-0.25, -0.2) is 0 Å². The predicted molar refractivity (Wildman–Crippen MR) is 103 cm³/mol. The van der Waals surface area contributed by atoms with Crippen molar-refractivity contribution in [3.63, 3.8) is 0 Å². The predicted octanol–water partition coefficient (Wildman–Crippen LogP) is 3.91. The van der Waals surface area contributed by atoms with Gasteiger partial charge in [-0.1, -0.05) is 38.5 Å². The van der Waals surface area contributed by atoms with Crippen molar-refractivity contribution in [1.82, 2.24) is 4.90 Å². The maximum absolute atomic E-state index is 12.8. The number of amides is 1. The number of hydrogen-bond donors (Lipinski definition) is 1. The Morgan fingerprint density at radius 2 is 1.92 bits per heavy atom. The summed E-state index contributed by atoms with van der Waals surface area (Å²) in [6.45, 7) is 4.32. The number of carbonyl (C=O) groups excluding carboxylic acids is 1. The third-order valence-electron chi connectivity index (χ3n) is 5.36. The van der Waals surface area contributed by atoms with Gasteiger partial charge in [0.1, 0.15) is 5.75 Å². The summed E-state index contributed by atoms with van der Waals surface area (Å²) >= 11 is 0. The van der Waals surface area contributed by atoms with E-state index >= 15 is 0 Å². The third kappa shape index (κ3) is 5.74. The van der Waals surface area contributed by atoms with Gasteiger partial charge in [0.05, 0.1) is 12.5 Å². The van der Waals surface area contributed by atoms with Crippen LogP contribution in [-0.2, 0) is 11.2 Å². The Morgan fingerprint density at radius 1 is 1.24 bits per heavy atom. The Kier molecular flexibility index (Phi) is 7.76. The lowest BCUT2D eigenvalue weighted by Gasteiger charge is -2.33.